The molecule has 0 spiro atoms. The Morgan fingerprint density at radius 1 is 1.38 bits per heavy atom. The van der Waals surface area contributed by atoms with Crippen LogP contribution in [-0.4, -0.2) is 36.4 Å². The van der Waals surface area contributed by atoms with Gasteiger partial charge in [-0.1, -0.05) is 24.4 Å². The Bertz CT molecular complexity index is 601. The first-order valence-corrected chi connectivity index (χ1v) is 7.07. The number of hydrogen-bond donors (Lipinski definition) is 2. The van der Waals surface area contributed by atoms with Crippen LogP contribution in [0.2, 0.25) is 0 Å². The number of rotatable bonds is 5. The van der Waals surface area contributed by atoms with Gasteiger partial charge < -0.3 is 9.63 Å². The monoisotopic (exact) mass is 291 g/mol. The molecule has 21 heavy (non-hydrogen) atoms. The third kappa shape index (κ3) is 3.09. The Balaban J connectivity index is 1.78. The Kier molecular flexibility index (Phi) is 3.68. The fourth-order valence-electron chi connectivity index (χ4n) is 3.10. The zero-order valence-corrected chi connectivity index (χ0v) is 11.6. The summed E-state index contributed by atoms with van der Waals surface area (Å²) in [7, 11) is 0. The van der Waals surface area contributed by atoms with E-state index in [2.05, 4.69) is 25.3 Å². The molecular formula is C13H17N5O3. The first-order chi connectivity index (χ1) is 10.2. The van der Waals surface area contributed by atoms with E-state index in [1.54, 1.807) is 0 Å². The summed E-state index contributed by atoms with van der Waals surface area (Å²) in [6, 6.07) is 0. The number of aliphatic carboxylic acids is 1. The first-order valence-electron chi connectivity index (χ1n) is 7.07. The molecule has 1 aliphatic carbocycles. The van der Waals surface area contributed by atoms with Gasteiger partial charge in [-0.25, -0.2) is 4.98 Å². The fourth-order valence-corrected chi connectivity index (χ4v) is 3.10. The van der Waals surface area contributed by atoms with Gasteiger partial charge in [0.2, 0.25) is 11.7 Å². The van der Waals surface area contributed by atoms with Crippen LogP contribution in [0.3, 0.4) is 0 Å². The van der Waals surface area contributed by atoms with Crippen molar-refractivity contribution in [2.45, 2.75) is 44.9 Å². The van der Waals surface area contributed by atoms with Crippen molar-refractivity contribution in [3.63, 3.8) is 0 Å². The molecule has 0 atom stereocenters. The lowest BCUT2D eigenvalue weighted by Crippen LogP contribution is -2.29. The standard InChI is InChI=1S/C13H17N5O3/c19-10(20)7-13(4-2-1-3-5-13)6-9-16-12(18-21-9)11-14-8-15-17-11/h8H,1-7H2,(H,19,20)(H,14,15,17). The van der Waals surface area contributed by atoms with Crippen LogP contribution >= 0.6 is 0 Å². The number of carbonyl (C=O) groups is 1. The Morgan fingerprint density at radius 2 is 2.19 bits per heavy atom. The second-order valence-corrected chi connectivity index (χ2v) is 5.65. The molecule has 2 heterocycles. The van der Waals surface area contributed by atoms with E-state index in [0.717, 1.165) is 32.1 Å². The lowest BCUT2D eigenvalue weighted by Gasteiger charge is -2.34. The summed E-state index contributed by atoms with van der Waals surface area (Å²) in [6.07, 6.45) is 7.06. The maximum Gasteiger partial charge on any atom is 0.303 e. The maximum absolute atomic E-state index is 11.2. The number of hydrogen-bond acceptors (Lipinski definition) is 6. The van der Waals surface area contributed by atoms with Gasteiger partial charge >= 0.3 is 5.97 Å². The van der Waals surface area contributed by atoms with E-state index in [1.807, 2.05) is 0 Å². The van der Waals surface area contributed by atoms with E-state index in [-0.39, 0.29) is 11.8 Å². The predicted octanol–water partition coefficient (Wildman–Crippen LogP) is 1.82. The van der Waals surface area contributed by atoms with Gasteiger partial charge in [0.05, 0.1) is 6.42 Å². The highest BCUT2D eigenvalue weighted by Gasteiger charge is 2.36. The van der Waals surface area contributed by atoms with Gasteiger partial charge in [0.1, 0.15) is 6.33 Å². The number of H-pyrrole nitrogens is 1. The van der Waals surface area contributed by atoms with Gasteiger partial charge in [0.15, 0.2) is 5.82 Å². The molecule has 112 valence electrons. The zero-order valence-electron chi connectivity index (χ0n) is 11.6. The van der Waals surface area contributed by atoms with Crippen LogP contribution in [0.15, 0.2) is 10.9 Å². The lowest BCUT2D eigenvalue weighted by atomic mass is 9.69. The molecule has 1 saturated carbocycles. The highest BCUT2D eigenvalue weighted by Crippen LogP contribution is 2.42. The first kappa shape index (κ1) is 13.7. The lowest BCUT2D eigenvalue weighted by molar-refractivity contribution is -0.140. The van der Waals surface area contributed by atoms with Crippen molar-refractivity contribution in [3.8, 4) is 11.6 Å². The van der Waals surface area contributed by atoms with Crippen molar-refractivity contribution in [1.82, 2.24) is 25.3 Å². The molecule has 1 aliphatic rings. The molecule has 0 aromatic carbocycles. The van der Waals surface area contributed by atoms with Crippen LogP contribution < -0.4 is 0 Å². The molecule has 0 saturated heterocycles. The number of nitrogens with zero attached hydrogens (tertiary/aromatic N) is 4. The quantitative estimate of drug-likeness (QED) is 0.862. The van der Waals surface area contributed by atoms with Gasteiger partial charge in [-0.05, 0) is 18.3 Å². The molecule has 0 aliphatic heterocycles. The summed E-state index contributed by atoms with van der Waals surface area (Å²) in [4.78, 5) is 19.4. The second-order valence-electron chi connectivity index (χ2n) is 5.65. The molecule has 2 aromatic rings. The van der Waals surface area contributed by atoms with Crippen LogP contribution in [0.4, 0.5) is 0 Å². The van der Waals surface area contributed by atoms with Crippen molar-refractivity contribution in [3.05, 3.63) is 12.2 Å². The van der Waals surface area contributed by atoms with Crippen LogP contribution in [0.5, 0.6) is 0 Å². The summed E-state index contributed by atoms with van der Waals surface area (Å²) in [5, 5.41) is 19.5. The van der Waals surface area contributed by atoms with Gasteiger partial charge in [-0.2, -0.15) is 10.1 Å². The average Bonchev–Trinajstić information content (AvgIpc) is 3.09. The molecule has 0 bridgehead atoms. The minimum atomic E-state index is -0.771. The summed E-state index contributed by atoms with van der Waals surface area (Å²) in [5.74, 6) is 0.487. The minimum Gasteiger partial charge on any atom is -0.481 e. The van der Waals surface area contributed by atoms with E-state index in [4.69, 9.17) is 4.52 Å². The molecule has 0 unspecified atom stereocenters. The number of carboxylic acids is 1. The van der Waals surface area contributed by atoms with E-state index in [0.29, 0.717) is 24.0 Å². The zero-order chi connectivity index (χ0) is 14.7. The number of carboxylic acid groups (broad SMARTS) is 1. The topological polar surface area (TPSA) is 118 Å². The van der Waals surface area contributed by atoms with Crippen molar-refractivity contribution < 1.29 is 14.4 Å². The van der Waals surface area contributed by atoms with E-state index in [1.165, 1.54) is 6.33 Å². The second kappa shape index (κ2) is 5.63. The summed E-state index contributed by atoms with van der Waals surface area (Å²) >= 11 is 0. The number of aromatic amines is 1. The summed E-state index contributed by atoms with van der Waals surface area (Å²) in [5.41, 5.74) is -0.269. The smallest absolute Gasteiger partial charge is 0.303 e. The van der Waals surface area contributed by atoms with E-state index < -0.39 is 5.97 Å². The Morgan fingerprint density at radius 3 is 2.86 bits per heavy atom. The number of nitrogens with one attached hydrogen (secondary N) is 1. The molecule has 2 aromatic heterocycles. The largest absolute Gasteiger partial charge is 0.481 e. The highest BCUT2D eigenvalue weighted by molar-refractivity contribution is 5.67. The SMILES string of the molecule is O=C(O)CC1(Cc2nc(-c3ncn[nH]3)no2)CCCCC1. The molecular weight excluding hydrogens is 274 g/mol. The van der Waals surface area contributed by atoms with Gasteiger partial charge in [-0.3, -0.25) is 9.89 Å². The molecule has 0 radical (unpaired) electrons. The molecule has 2 N–H and O–H groups in total. The summed E-state index contributed by atoms with van der Waals surface area (Å²) < 4.78 is 5.26. The molecule has 1 fully saturated rings. The van der Waals surface area contributed by atoms with Crippen LogP contribution in [0.25, 0.3) is 11.6 Å². The average molecular weight is 291 g/mol. The molecule has 8 heteroatoms. The van der Waals surface area contributed by atoms with Crippen LogP contribution in [0, 0.1) is 5.41 Å². The molecule has 8 nitrogen and oxygen atoms in total. The van der Waals surface area contributed by atoms with Gasteiger partial charge in [0.25, 0.3) is 0 Å². The third-order valence-electron chi connectivity index (χ3n) is 4.06. The predicted molar refractivity (Wildman–Crippen MR) is 71.1 cm³/mol. The van der Waals surface area contributed by atoms with Crippen LogP contribution in [-0.2, 0) is 11.2 Å². The normalized spacial score (nSPS) is 17.7. The van der Waals surface area contributed by atoms with Crippen molar-refractivity contribution in [2.75, 3.05) is 0 Å². The maximum atomic E-state index is 11.2. The van der Waals surface area contributed by atoms with Crippen molar-refractivity contribution >= 4 is 5.97 Å². The molecule has 3 rings (SSSR count). The summed E-state index contributed by atoms with van der Waals surface area (Å²) in [6.45, 7) is 0. The van der Waals surface area contributed by atoms with Crippen LogP contribution in [0.1, 0.15) is 44.4 Å². The van der Waals surface area contributed by atoms with E-state index in [9.17, 15) is 9.90 Å². The van der Waals surface area contributed by atoms with Crippen molar-refractivity contribution in [1.29, 1.82) is 0 Å². The minimum absolute atomic E-state index is 0.146. The third-order valence-corrected chi connectivity index (χ3v) is 4.06. The van der Waals surface area contributed by atoms with Gasteiger partial charge in [-0.15, -0.1) is 0 Å². The van der Waals surface area contributed by atoms with E-state index >= 15 is 0 Å². The van der Waals surface area contributed by atoms with Crippen molar-refractivity contribution in [2.24, 2.45) is 5.41 Å². The van der Waals surface area contributed by atoms with Gasteiger partial charge in [0, 0.05) is 6.42 Å². The Labute approximate surface area is 121 Å². The highest BCUT2D eigenvalue weighted by atomic mass is 16.5. The molecule has 0 amide bonds. The number of aromatic nitrogens is 5. The fraction of sp³-hybridized carbons (Fsp3) is 0.615. The Hall–Kier alpha value is -2.25.